The largest absolute Gasteiger partial charge is 0.299 e. The van der Waals surface area contributed by atoms with Crippen LogP contribution in [-0.4, -0.2) is 11.6 Å². The predicted octanol–water partition coefficient (Wildman–Crippen LogP) is 1.72. The third kappa shape index (κ3) is 1.19. The lowest BCUT2D eigenvalue weighted by Crippen LogP contribution is -2.21. The van der Waals surface area contributed by atoms with E-state index in [4.69, 9.17) is 0 Å². The number of hydrogen-bond donors (Lipinski definition) is 0. The van der Waals surface area contributed by atoms with Crippen LogP contribution in [0.3, 0.4) is 0 Å². The Kier molecular flexibility index (Phi) is 1.99. The van der Waals surface area contributed by atoms with Crippen LogP contribution in [0.5, 0.6) is 0 Å². The summed E-state index contributed by atoms with van der Waals surface area (Å²) in [6, 6.07) is 0. The van der Waals surface area contributed by atoms with Gasteiger partial charge in [-0.2, -0.15) is 0 Å². The van der Waals surface area contributed by atoms with Crippen LogP contribution in [-0.2, 0) is 9.59 Å². The Morgan fingerprint density at radius 2 is 1.25 bits per heavy atom. The van der Waals surface area contributed by atoms with Gasteiger partial charge in [-0.15, -0.1) is 0 Å². The Hall–Kier alpha value is -0.660. The molecular formula is C10H14O2. The summed E-state index contributed by atoms with van der Waals surface area (Å²) in [6.45, 7) is 0. The molecule has 0 aromatic heterocycles. The Balaban J connectivity index is 2.08. The first-order valence-corrected chi connectivity index (χ1v) is 4.84. The first-order chi connectivity index (χ1) is 5.79. The second-order valence-electron chi connectivity index (χ2n) is 3.93. The predicted molar refractivity (Wildman–Crippen MR) is 44.7 cm³/mol. The first kappa shape index (κ1) is 7.96. The van der Waals surface area contributed by atoms with Crippen molar-refractivity contribution in [3.63, 3.8) is 0 Å². The Morgan fingerprint density at radius 1 is 0.833 bits per heavy atom. The molecule has 2 heteroatoms. The lowest BCUT2D eigenvalue weighted by atomic mass is 9.88. The van der Waals surface area contributed by atoms with Crippen molar-refractivity contribution in [2.45, 2.75) is 38.5 Å². The van der Waals surface area contributed by atoms with E-state index in [9.17, 15) is 9.59 Å². The van der Waals surface area contributed by atoms with Gasteiger partial charge >= 0.3 is 0 Å². The molecule has 0 unspecified atom stereocenters. The van der Waals surface area contributed by atoms with Crippen LogP contribution >= 0.6 is 0 Å². The molecular weight excluding hydrogens is 152 g/mol. The molecule has 2 aliphatic rings. The molecule has 0 amide bonds. The summed E-state index contributed by atoms with van der Waals surface area (Å²) < 4.78 is 0. The normalized spacial score (nSPS) is 36.3. The van der Waals surface area contributed by atoms with Gasteiger partial charge in [0.25, 0.3) is 0 Å². The van der Waals surface area contributed by atoms with E-state index in [0.717, 1.165) is 25.7 Å². The number of Topliss-reactive ketones (excluding diaryl/α,β-unsaturated/α-hetero) is 2. The zero-order valence-electron chi connectivity index (χ0n) is 7.21. The van der Waals surface area contributed by atoms with Gasteiger partial charge in [0.05, 0.1) is 0 Å². The lowest BCUT2D eigenvalue weighted by Gasteiger charge is -2.13. The van der Waals surface area contributed by atoms with Crippen molar-refractivity contribution in [1.29, 1.82) is 0 Å². The molecule has 0 spiro atoms. The summed E-state index contributed by atoms with van der Waals surface area (Å²) in [5.74, 6) is 0.908. The van der Waals surface area contributed by atoms with E-state index < -0.39 is 0 Å². The van der Waals surface area contributed by atoms with Crippen molar-refractivity contribution in [2.75, 3.05) is 0 Å². The van der Waals surface area contributed by atoms with Crippen molar-refractivity contribution in [3.05, 3.63) is 0 Å². The average molecular weight is 166 g/mol. The minimum Gasteiger partial charge on any atom is -0.299 e. The van der Waals surface area contributed by atoms with E-state index in [1.165, 1.54) is 0 Å². The van der Waals surface area contributed by atoms with Crippen LogP contribution in [0.4, 0.5) is 0 Å². The van der Waals surface area contributed by atoms with Gasteiger partial charge in [-0.3, -0.25) is 9.59 Å². The number of ketones is 2. The monoisotopic (exact) mass is 166 g/mol. The topological polar surface area (TPSA) is 34.1 Å². The van der Waals surface area contributed by atoms with Gasteiger partial charge in [0.2, 0.25) is 0 Å². The molecule has 2 atom stereocenters. The Labute approximate surface area is 72.3 Å². The second-order valence-corrected chi connectivity index (χ2v) is 3.93. The highest BCUT2D eigenvalue weighted by atomic mass is 16.1. The molecule has 2 fully saturated rings. The molecule has 0 aliphatic heterocycles. The first-order valence-electron chi connectivity index (χ1n) is 4.84. The summed E-state index contributed by atoms with van der Waals surface area (Å²) >= 11 is 0. The quantitative estimate of drug-likeness (QED) is 0.594. The van der Waals surface area contributed by atoms with Crippen LogP contribution < -0.4 is 0 Å². The lowest BCUT2D eigenvalue weighted by molar-refractivity contribution is -0.129. The van der Waals surface area contributed by atoms with Gasteiger partial charge < -0.3 is 0 Å². The van der Waals surface area contributed by atoms with Crippen molar-refractivity contribution in [3.8, 4) is 0 Å². The smallest absolute Gasteiger partial charge is 0.136 e. The average Bonchev–Trinajstić information content (AvgIpc) is 2.59. The van der Waals surface area contributed by atoms with Gasteiger partial charge in [-0.05, 0) is 25.7 Å². The molecule has 0 bridgehead atoms. The minimum absolute atomic E-state index is 0.111. The van der Waals surface area contributed by atoms with Crippen LogP contribution in [0.15, 0.2) is 0 Å². The highest BCUT2D eigenvalue weighted by molar-refractivity contribution is 5.91. The molecule has 2 saturated carbocycles. The van der Waals surface area contributed by atoms with Gasteiger partial charge in [0, 0.05) is 24.7 Å². The van der Waals surface area contributed by atoms with Crippen LogP contribution in [0.2, 0.25) is 0 Å². The van der Waals surface area contributed by atoms with E-state index >= 15 is 0 Å². The molecule has 12 heavy (non-hydrogen) atoms. The Morgan fingerprint density at radius 3 is 1.50 bits per heavy atom. The summed E-state index contributed by atoms with van der Waals surface area (Å²) in [5.41, 5.74) is 0. The summed E-state index contributed by atoms with van der Waals surface area (Å²) in [6.07, 6.45) is 5.38. The van der Waals surface area contributed by atoms with Gasteiger partial charge in [-0.1, -0.05) is 0 Å². The fraction of sp³-hybridized carbons (Fsp3) is 0.800. The number of carbonyl (C=O) groups excluding carboxylic acids is 2. The van der Waals surface area contributed by atoms with E-state index in [0.29, 0.717) is 24.4 Å². The maximum atomic E-state index is 11.4. The van der Waals surface area contributed by atoms with Crippen LogP contribution in [0.25, 0.3) is 0 Å². The Bertz CT molecular complexity index is 196. The van der Waals surface area contributed by atoms with Crippen molar-refractivity contribution in [2.24, 2.45) is 11.8 Å². The van der Waals surface area contributed by atoms with Gasteiger partial charge in [0.15, 0.2) is 0 Å². The van der Waals surface area contributed by atoms with E-state index in [1.807, 2.05) is 0 Å². The van der Waals surface area contributed by atoms with Crippen molar-refractivity contribution in [1.82, 2.24) is 0 Å². The maximum absolute atomic E-state index is 11.4. The number of carbonyl (C=O) groups is 2. The van der Waals surface area contributed by atoms with Gasteiger partial charge in [0.1, 0.15) is 11.6 Å². The molecule has 0 radical (unpaired) electrons. The minimum atomic E-state index is 0.111. The zero-order chi connectivity index (χ0) is 8.55. The van der Waals surface area contributed by atoms with E-state index in [2.05, 4.69) is 0 Å². The second kappa shape index (κ2) is 3.00. The van der Waals surface area contributed by atoms with Crippen molar-refractivity contribution < 1.29 is 9.59 Å². The summed E-state index contributed by atoms with van der Waals surface area (Å²) in [7, 11) is 0. The molecule has 2 aliphatic carbocycles. The molecule has 66 valence electrons. The van der Waals surface area contributed by atoms with Gasteiger partial charge in [-0.25, -0.2) is 0 Å². The highest BCUT2D eigenvalue weighted by Gasteiger charge is 2.38. The summed E-state index contributed by atoms with van der Waals surface area (Å²) in [4.78, 5) is 22.7. The SMILES string of the molecule is O=C1CCC[C@@H]1[C@H]1CCCC1=O. The third-order valence-corrected chi connectivity index (χ3v) is 3.19. The molecule has 2 rings (SSSR count). The molecule has 0 aromatic carbocycles. The van der Waals surface area contributed by atoms with Crippen molar-refractivity contribution >= 4 is 11.6 Å². The summed E-state index contributed by atoms with van der Waals surface area (Å²) in [5, 5.41) is 0. The maximum Gasteiger partial charge on any atom is 0.136 e. The number of hydrogen-bond acceptors (Lipinski definition) is 2. The van der Waals surface area contributed by atoms with E-state index in [-0.39, 0.29) is 11.8 Å². The van der Waals surface area contributed by atoms with Crippen LogP contribution in [0.1, 0.15) is 38.5 Å². The highest BCUT2D eigenvalue weighted by Crippen LogP contribution is 2.36. The fourth-order valence-electron chi connectivity index (χ4n) is 2.54. The number of rotatable bonds is 1. The van der Waals surface area contributed by atoms with E-state index in [1.54, 1.807) is 0 Å². The van der Waals surface area contributed by atoms with Crippen LogP contribution in [0, 0.1) is 11.8 Å². The molecule has 0 heterocycles. The molecule has 0 N–H and O–H groups in total. The zero-order valence-corrected chi connectivity index (χ0v) is 7.21. The standard InChI is InChI=1S/C10H14O2/c11-9-5-1-3-7(9)8-4-2-6-10(8)12/h7-8H,1-6H2/t7-,8-/m1/s1. The fourth-order valence-corrected chi connectivity index (χ4v) is 2.54. The molecule has 2 nitrogen and oxygen atoms in total. The third-order valence-electron chi connectivity index (χ3n) is 3.19. The molecule has 0 aromatic rings. The molecule has 0 saturated heterocycles.